The van der Waals surface area contributed by atoms with Crippen molar-refractivity contribution in [1.82, 2.24) is 0 Å². The highest BCUT2D eigenvalue weighted by Crippen LogP contribution is 2.16. The molecule has 0 radical (unpaired) electrons. The molecule has 0 aromatic carbocycles. The summed E-state index contributed by atoms with van der Waals surface area (Å²) < 4.78 is 0. The lowest BCUT2D eigenvalue weighted by atomic mass is 10.4. The molecule has 1 rings (SSSR count). The molecule has 1 aromatic rings. The van der Waals surface area contributed by atoms with Gasteiger partial charge in [0.25, 0.3) is 0 Å². The van der Waals surface area contributed by atoms with E-state index >= 15 is 0 Å². The van der Waals surface area contributed by atoms with Crippen LogP contribution < -0.4 is 0 Å². The summed E-state index contributed by atoms with van der Waals surface area (Å²) in [5.74, 6) is 0.684. The molecule has 0 bridgehead atoms. The Bertz CT molecular complexity index is 353. The minimum Gasteiger partial charge on any atom is -0.297 e. The predicted molar refractivity (Wildman–Crippen MR) is 61.9 cm³/mol. The average molecular weight is 226 g/mol. The Morgan fingerprint density at radius 1 is 1.50 bits per heavy atom. The van der Waals surface area contributed by atoms with Gasteiger partial charge in [0, 0.05) is 17.6 Å². The molecular formula is C10H10O2S2. The Kier molecular flexibility index (Phi) is 4.62. The highest BCUT2D eigenvalue weighted by molar-refractivity contribution is 8.13. The Morgan fingerprint density at radius 3 is 2.79 bits per heavy atom. The van der Waals surface area contributed by atoms with Crippen molar-refractivity contribution >= 4 is 40.6 Å². The summed E-state index contributed by atoms with van der Waals surface area (Å²) in [5.41, 5.74) is 0. The van der Waals surface area contributed by atoms with Crippen molar-refractivity contribution in [3.63, 3.8) is 0 Å². The Labute approximate surface area is 91.0 Å². The number of carbonyl (C=O) groups excluding carboxylic acids is 2. The fourth-order valence-electron chi connectivity index (χ4n) is 0.851. The van der Waals surface area contributed by atoms with E-state index in [4.69, 9.17) is 0 Å². The number of thioether (sulfide) groups is 1. The maximum atomic E-state index is 10.6. The van der Waals surface area contributed by atoms with Gasteiger partial charge in [-0.05, 0) is 18.2 Å². The summed E-state index contributed by atoms with van der Waals surface area (Å²) in [6.07, 6.45) is 4.69. The van der Waals surface area contributed by atoms with Gasteiger partial charge in [0.15, 0.2) is 11.4 Å². The number of rotatable bonds is 4. The molecule has 0 N–H and O–H groups in total. The van der Waals surface area contributed by atoms with Gasteiger partial charge in [0.2, 0.25) is 0 Å². The molecule has 2 nitrogen and oxygen atoms in total. The van der Waals surface area contributed by atoms with E-state index in [1.807, 2.05) is 18.2 Å². The number of carbonyl (C=O) groups is 2. The first kappa shape index (κ1) is 11.2. The van der Waals surface area contributed by atoms with Gasteiger partial charge < -0.3 is 0 Å². The van der Waals surface area contributed by atoms with Crippen LogP contribution in [0.15, 0.2) is 18.2 Å². The van der Waals surface area contributed by atoms with Gasteiger partial charge in [-0.3, -0.25) is 9.59 Å². The topological polar surface area (TPSA) is 34.1 Å². The van der Waals surface area contributed by atoms with Crippen molar-refractivity contribution in [2.75, 3.05) is 5.75 Å². The molecule has 0 spiro atoms. The molecule has 74 valence electrons. The van der Waals surface area contributed by atoms with Crippen LogP contribution in [0.3, 0.4) is 0 Å². The van der Waals surface area contributed by atoms with Gasteiger partial charge >= 0.3 is 0 Å². The molecule has 14 heavy (non-hydrogen) atoms. The van der Waals surface area contributed by atoms with Crippen LogP contribution in [-0.4, -0.2) is 17.2 Å². The summed E-state index contributed by atoms with van der Waals surface area (Å²) in [6.45, 7) is 1.55. The van der Waals surface area contributed by atoms with E-state index in [1.165, 1.54) is 23.1 Å². The zero-order chi connectivity index (χ0) is 10.4. The van der Waals surface area contributed by atoms with Crippen LogP contribution in [0.25, 0.3) is 6.08 Å². The van der Waals surface area contributed by atoms with Crippen LogP contribution in [0.4, 0.5) is 0 Å². The van der Waals surface area contributed by atoms with Crippen molar-refractivity contribution in [2.24, 2.45) is 0 Å². The van der Waals surface area contributed by atoms with Gasteiger partial charge in [-0.2, -0.15) is 0 Å². The second-order valence-electron chi connectivity index (χ2n) is 2.56. The van der Waals surface area contributed by atoms with Crippen LogP contribution in [0, 0.1) is 0 Å². The summed E-state index contributed by atoms with van der Waals surface area (Å²) in [4.78, 5) is 22.7. The van der Waals surface area contributed by atoms with Crippen molar-refractivity contribution < 1.29 is 9.59 Å². The second kappa shape index (κ2) is 5.78. The van der Waals surface area contributed by atoms with Crippen LogP contribution in [-0.2, 0) is 4.79 Å². The number of hydrogen-bond donors (Lipinski definition) is 0. The van der Waals surface area contributed by atoms with E-state index in [0.29, 0.717) is 5.75 Å². The van der Waals surface area contributed by atoms with E-state index < -0.39 is 0 Å². The highest BCUT2D eigenvalue weighted by atomic mass is 32.2. The lowest BCUT2D eigenvalue weighted by molar-refractivity contribution is -0.109. The Balaban J connectivity index is 2.43. The third kappa shape index (κ3) is 3.89. The fraction of sp³-hybridized carbons (Fsp3) is 0.200. The van der Waals surface area contributed by atoms with E-state index in [0.717, 1.165) is 16.0 Å². The normalized spacial score (nSPS) is 10.6. The van der Waals surface area contributed by atoms with E-state index in [-0.39, 0.29) is 5.12 Å². The van der Waals surface area contributed by atoms with E-state index in [1.54, 1.807) is 13.0 Å². The predicted octanol–water partition coefficient (Wildman–Crippen LogP) is 2.85. The summed E-state index contributed by atoms with van der Waals surface area (Å²) in [5, 5.41) is 0.120. The lowest BCUT2D eigenvalue weighted by Gasteiger charge is -1.87. The maximum Gasteiger partial charge on any atom is 0.186 e. The van der Waals surface area contributed by atoms with E-state index in [9.17, 15) is 9.59 Å². The standard InChI is InChI=1S/C10H10O2S2/c1-8(12)13-6-2-3-9-4-5-10(7-11)14-9/h2-5,7H,6H2,1H3. The number of thiophene rings is 1. The summed E-state index contributed by atoms with van der Waals surface area (Å²) >= 11 is 2.72. The van der Waals surface area contributed by atoms with Gasteiger partial charge in [-0.25, -0.2) is 0 Å². The number of hydrogen-bond acceptors (Lipinski definition) is 4. The van der Waals surface area contributed by atoms with Crippen molar-refractivity contribution in [3.8, 4) is 0 Å². The molecule has 0 unspecified atom stereocenters. The highest BCUT2D eigenvalue weighted by Gasteiger charge is 1.94. The molecule has 0 saturated carbocycles. The van der Waals surface area contributed by atoms with Gasteiger partial charge in [0.05, 0.1) is 4.88 Å². The summed E-state index contributed by atoms with van der Waals surface area (Å²) in [7, 11) is 0. The third-order valence-corrected chi connectivity index (χ3v) is 3.17. The van der Waals surface area contributed by atoms with Crippen LogP contribution in [0.1, 0.15) is 21.5 Å². The second-order valence-corrected chi connectivity index (χ2v) is 4.91. The van der Waals surface area contributed by atoms with E-state index in [2.05, 4.69) is 0 Å². The van der Waals surface area contributed by atoms with Gasteiger partial charge in [-0.15, -0.1) is 11.3 Å². The smallest absolute Gasteiger partial charge is 0.186 e. The molecule has 0 amide bonds. The first-order valence-corrected chi connectivity index (χ1v) is 5.87. The monoisotopic (exact) mass is 226 g/mol. The molecule has 0 aliphatic carbocycles. The molecule has 1 heterocycles. The molecule has 0 aliphatic rings. The van der Waals surface area contributed by atoms with Crippen molar-refractivity contribution in [2.45, 2.75) is 6.92 Å². The fourth-order valence-corrected chi connectivity index (χ4v) is 2.03. The molecule has 0 atom stereocenters. The SMILES string of the molecule is CC(=O)SCC=Cc1ccc(C=O)s1. The van der Waals surface area contributed by atoms with Crippen molar-refractivity contribution in [1.29, 1.82) is 0 Å². The van der Waals surface area contributed by atoms with Crippen LogP contribution in [0.2, 0.25) is 0 Å². The maximum absolute atomic E-state index is 10.6. The van der Waals surface area contributed by atoms with Gasteiger partial charge in [0.1, 0.15) is 0 Å². The van der Waals surface area contributed by atoms with Gasteiger partial charge in [-0.1, -0.05) is 17.8 Å². The lowest BCUT2D eigenvalue weighted by Crippen LogP contribution is -1.80. The Morgan fingerprint density at radius 2 is 2.21 bits per heavy atom. The van der Waals surface area contributed by atoms with Crippen LogP contribution >= 0.6 is 23.1 Å². The molecule has 0 fully saturated rings. The minimum atomic E-state index is 0.120. The zero-order valence-corrected chi connectivity index (χ0v) is 9.36. The molecular weight excluding hydrogens is 216 g/mol. The largest absolute Gasteiger partial charge is 0.297 e. The summed E-state index contributed by atoms with van der Waals surface area (Å²) in [6, 6.07) is 3.68. The molecule has 4 heteroatoms. The first-order valence-electron chi connectivity index (χ1n) is 4.07. The molecule has 0 aliphatic heterocycles. The van der Waals surface area contributed by atoms with Crippen LogP contribution in [0.5, 0.6) is 0 Å². The Hall–Kier alpha value is -0.870. The minimum absolute atomic E-state index is 0.120. The molecule has 1 aromatic heterocycles. The average Bonchev–Trinajstić information content (AvgIpc) is 2.60. The quantitative estimate of drug-likeness (QED) is 0.740. The zero-order valence-electron chi connectivity index (χ0n) is 7.73. The third-order valence-electron chi connectivity index (χ3n) is 1.43. The first-order chi connectivity index (χ1) is 6.72. The molecule has 0 saturated heterocycles. The number of aldehydes is 1. The van der Waals surface area contributed by atoms with Crippen molar-refractivity contribution in [3.05, 3.63) is 28.0 Å².